The molecule has 1 fully saturated rings. The average molecular weight is 311 g/mol. The summed E-state index contributed by atoms with van der Waals surface area (Å²) in [5, 5.41) is 14.8. The van der Waals surface area contributed by atoms with E-state index in [0.29, 0.717) is 0 Å². The van der Waals surface area contributed by atoms with Crippen LogP contribution >= 0.6 is 23.1 Å². The van der Waals surface area contributed by atoms with E-state index in [0.717, 1.165) is 31.4 Å². The van der Waals surface area contributed by atoms with Crippen molar-refractivity contribution in [2.75, 3.05) is 12.4 Å². The number of aliphatic hydroxyl groups is 1. The Hall–Kier alpha value is -0.520. The Morgan fingerprint density at radius 2 is 2.45 bits per heavy atom. The van der Waals surface area contributed by atoms with Crippen molar-refractivity contribution in [3.05, 3.63) is 21.9 Å². The van der Waals surface area contributed by atoms with Crippen LogP contribution < -0.4 is 5.32 Å². The zero-order valence-electron chi connectivity index (χ0n) is 11.7. The molecule has 3 atom stereocenters. The number of carbonyl (C=O) groups excluding carboxylic acids is 1. The molecule has 0 bridgehead atoms. The van der Waals surface area contributed by atoms with Crippen molar-refractivity contribution in [2.24, 2.45) is 5.41 Å². The van der Waals surface area contributed by atoms with Gasteiger partial charge in [-0.1, -0.05) is 13.3 Å². The smallest absolute Gasteiger partial charge is 0.237 e. The Kier molecular flexibility index (Phi) is 4.11. The van der Waals surface area contributed by atoms with Crippen molar-refractivity contribution in [1.82, 2.24) is 5.32 Å². The van der Waals surface area contributed by atoms with Gasteiger partial charge in [-0.15, -0.1) is 23.1 Å². The summed E-state index contributed by atoms with van der Waals surface area (Å²) in [5.74, 6) is 1.15. The molecule has 3 nitrogen and oxygen atoms in total. The molecule has 1 amide bonds. The van der Waals surface area contributed by atoms with Gasteiger partial charge in [-0.05, 0) is 42.0 Å². The van der Waals surface area contributed by atoms with E-state index < -0.39 is 0 Å². The van der Waals surface area contributed by atoms with E-state index in [4.69, 9.17) is 0 Å². The third-order valence-electron chi connectivity index (χ3n) is 4.67. The molecule has 3 rings (SSSR count). The second kappa shape index (κ2) is 5.70. The molecule has 5 heteroatoms. The van der Waals surface area contributed by atoms with Crippen molar-refractivity contribution in [3.8, 4) is 0 Å². The van der Waals surface area contributed by atoms with E-state index in [1.54, 1.807) is 23.1 Å². The van der Waals surface area contributed by atoms with Crippen LogP contribution in [0.4, 0.5) is 0 Å². The number of amides is 1. The van der Waals surface area contributed by atoms with Crippen LogP contribution in [0.3, 0.4) is 0 Å². The fourth-order valence-corrected chi connectivity index (χ4v) is 5.58. The van der Waals surface area contributed by atoms with E-state index in [1.807, 2.05) is 0 Å². The lowest BCUT2D eigenvalue weighted by atomic mass is 9.85. The molecule has 2 heterocycles. The summed E-state index contributed by atoms with van der Waals surface area (Å²) in [5.41, 5.74) is 1.05. The summed E-state index contributed by atoms with van der Waals surface area (Å²) >= 11 is 3.50. The van der Waals surface area contributed by atoms with Crippen LogP contribution in [0.1, 0.15) is 41.9 Å². The molecule has 0 unspecified atom stereocenters. The van der Waals surface area contributed by atoms with Crippen LogP contribution in [-0.4, -0.2) is 29.4 Å². The van der Waals surface area contributed by atoms with Gasteiger partial charge in [0, 0.05) is 16.3 Å². The third-order valence-corrected chi connectivity index (χ3v) is 6.91. The molecule has 1 aromatic rings. The number of nitrogens with one attached hydrogen (secondary N) is 1. The van der Waals surface area contributed by atoms with E-state index in [2.05, 4.69) is 23.7 Å². The van der Waals surface area contributed by atoms with Gasteiger partial charge >= 0.3 is 0 Å². The average Bonchev–Trinajstić information content (AvgIpc) is 3.06. The summed E-state index contributed by atoms with van der Waals surface area (Å²) < 4.78 is 0. The van der Waals surface area contributed by atoms with Gasteiger partial charge in [-0.25, -0.2) is 0 Å². The molecule has 0 aromatic carbocycles. The fraction of sp³-hybridized carbons (Fsp3) is 0.667. The van der Waals surface area contributed by atoms with Gasteiger partial charge in [0.25, 0.3) is 0 Å². The van der Waals surface area contributed by atoms with Crippen LogP contribution in [0.5, 0.6) is 0 Å². The van der Waals surface area contributed by atoms with Crippen molar-refractivity contribution in [3.63, 3.8) is 0 Å². The molecule has 0 radical (unpaired) electrons. The van der Waals surface area contributed by atoms with Gasteiger partial charge < -0.3 is 10.4 Å². The first kappa shape index (κ1) is 14.4. The third kappa shape index (κ3) is 2.51. The summed E-state index contributed by atoms with van der Waals surface area (Å²) in [4.78, 5) is 14.0. The topological polar surface area (TPSA) is 49.3 Å². The minimum atomic E-state index is -0.146. The summed E-state index contributed by atoms with van der Waals surface area (Å²) in [6, 6.07) is 2.21. The van der Waals surface area contributed by atoms with Crippen LogP contribution in [-0.2, 0) is 11.2 Å². The summed E-state index contributed by atoms with van der Waals surface area (Å²) in [6.07, 6.45) is 4.15. The lowest BCUT2D eigenvalue weighted by Gasteiger charge is -2.32. The number of thioether (sulfide) groups is 1. The van der Waals surface area contributed by atoms with Gasteiger partial charge in [-0.2, -0.15) is 0 Å². The number of thiophene rings is 1. The van der Waals surface area contributed by atoms with Crippen molar-refractivity contribution < 1.29 is 9.90 Å². The molecule has 0 saturated heterocycles. The Morgan fingerprint density at radius 1 is 1.60 bits per heavy atom. The monoisotopic (exact) mass is 311 g/mol. The molecule has 0 spiro atoms. The van der Waals surface area contributed by atoms with Crippen LogP contribution in [0.15, 0.2) is 11.4 Å². The SMILES string of the molecule is C[C@]1(CO)CCC[C@H]1NC(=O)[C@@H]1SCCc2sccc21. The van der Waals surface area contributed by atoms with E-state index >= 15 is 0 Å². The molecule has 110 valence electrons. The van der Waals surface area contributed by atoms with Crippen LogP contribution in [0.2, 0.25) is 0 Å². The fourth-order valence-electron chi connectivity index (χ4n) is 3.28. The molecule has 2 aliphatic rings. The molecule has 1 saturated carbocycles. The summed E-state index contributed by atoms with van der Waals surface area (Å²) in [7, 11) is 0. The first-order chi connectivity index (χ1) is 9.64. The Morgan fingerprint density at radius 3 is 3.25 bits per heavy atom. The first-order valence-corrected chi connectivity index (χ1v) is 9.16. The number of hydrogen-bond donors (Lipinski definition) is 2. The second-order valence-corrected chi connectivity index (χ2v) is 8.28. The molecule has 1 aromatic heterocycles. The van der Waals surface area contributed by atoms with E-state index in [9.17, 15) is 9.90 Å². The van der Waals surface area contributed by atoms with Gasteiger partial charge in [0.05, 0.1) is 6.61 Å². The molecular formula is C15H21NO2S2. The zero-order chi connectivity index (χ0) is 14.2. The molecule has 1 aliphatic heterocycles. The highest BCUT2D eigenvalue weighted by Gasteiger charge is 2.40. The first-order valence-electron chi connectivity index (χ1n) is 7.23. The number of aliphatic hydroxyl groups excluding tert-OH is 1. The number of carbonyl (C=O) groups is 1. The zero-order valence-corrected chi connectivity index (χ0v) is 13.4. The van der Waals surface area contributed by atoms with Crippen molar-refractivity contribution in [1.29, 1.82) is 0 Å². The molecule has 1 aliphatic carbocycles. The van der Waals surface area contributed by atoms with Gasteiger partial charge in [0.2, 0.25) is 5.91 Å². The highest BCUT2D eigenvalue weighted by molar-refractivity contribution is 8.00. The van der Waals surface area contributed by atoms with Crippen LogP contribution in [0.25, 0.3) is 0 Å². The second-order valence-electron chi connectivity index (χ2n) is 6.07. The summed E-state index contributed by atoms with van der Waals surface area (Å²) in [6.45, 7) is 2.23. The normalized spacial score (nSPS) is 32.9. The maximum atomic E-state index is 12.6. The largest absolute Gasteiger partial charge is 0.396 e. The predicted molar refractivity (Wildman–Crippen MR) is 84.2 cm³/mol. The minimum Gasteiger partial charge on any atom is -0.396 e. The van der Waals surface area contributed by atoms with E-state index in [-0.39, 0.29) is 29.2 Å². The van der Waals surface area contributed by atoms with Gasteiger partial charge in [0.1, 0.15) is 5.25 Å². The van der Waals surface area contributed by atoms with Gasteiger partial charge in [0.15, 0.2) is 0 Å². The lowest BCUT2D eigenvalue weighted by molar-refractivity contribution is -0.122. The standard InChI is InChI=1S/C15H21NO2S2/c1-15(9-17)6-2-3-12(15)16-14(18)13-10-4-7-19-11(10)5-8-20-13/h4,7,12-13,17H,2-3,5-6,8-9H2,1H3,(H,16,18)/t12-,13-,15-/m1/s1. The maximum Gasteiger partial charge on any atom is 0.237 e. The van der Waals surface area contributed by atoms with Crippen molar-refractivity contribution in [2.45, 2.75) is 43.9 Å². The quantitative estimate of drug-likeness (QED) is 0.902. The minimum absolute atomic E-state index is 0.0615. The Balaban J connectivity index is 1.72. The molecular weight excluding hydrogens is 290 g/mol. The Bertz CT molecular complexity index is 502. The number of fused-ring (bicyclic) bond motifs is 1. The highest BCUT2D eigenvalue weighted by Crippen LogP contribution is 2.41. The maximum absolute atomic E-state index is 12.6. The molecule has 20 heavy (non-hydrogen) atoms. The molecule has 2 N–H and O–H groups in total. The Labute approximate surface area is 128 Å². The van der Waals surface area contributed by atoms with Gasteiger partial charge in [-0.3, -0.25) is 4.79 Å². The number of hydrogen-bond acceptors (Lipinski definition) is 4. The predicted octanol–water partition coefficient (Wildman–Crippen LogP) is 2.75. The lowest BCUT2D eigenvalue weighted by Crippen LogP contribution is -2.46. The highest BCUT2D eigenvalue weighted by atomic mass is 32.2. The van der Waals surface area contributed by atoms with E-state index in [1.165, 1.54) is 10.4 Å². The van der Waals surface area contributed by atoms with Crippen molar-refractivity contribution >= 4 is 29.0 Å². The number of rotatable bonds is 3. The number of aryl methyl sites for hydroxylation is 1. The van der Waals surface area contributed by atoms with Crippen LogP contribution in [0, 0.1) is 5.41 Å².